The quantitative estimate of drug-likeness (QED) is 0.569. The summed E-state index contributed by atoms with van der Waals surface area (Å²) in [7, 11) is 0. The van der Waals surface area contributed by atoms with Crippen molar-refractivity contribution in [2.45, 2.75) is 39.7 Å². The number of amides is 2. The van der Waals surface area contributed by atoms with Gasteiger partial charge < -0.3 is 9.80 Å². The van der Waals surface area contributed by atoms with Gasteiger partial charge in [-0.15, -0.1) is 11.3 Å². The SMILES string of the molecule is CCCN1CCN(C(=O)c2sc(C)nc2C)C(Cc2ccccc2-c2ccncc2)C1=O. The van der Waals surface area contributed by atoms with Crippen molar-refractivity contribution in [2.24, 2.45) is 0 Å². The Kier molecular flexibility index (Phi) is 6.65. The molecule has 0 radical (unpaired) electrons. The van der Waals surface area contributed by atoms with Crippen LogP contribution < -0.4 is 0 Å². The summed E-state index contributed by atoms with van der Waals surface area (Å²) in [5, 5.41) is 0.862. The van der Waals surface area contributed by atoms with E-state index >= 15 is 0 Å². The normalized spacial score (nSPS) is 16.5. The number of pyridine rings is 1. The highest BCUT2D eigenvalue weighted by atomic mass is 32.1. The average Bonchev–Trinajstić information content (AvgIpc) is 3.15. The Bertz CT molecular complexity index is 1110. The Morgan fingerprint density at radius 3 is 2.56 bits per heavy atom. The highest BCUT2D eigenvalue weighted by Gasteiger charge is 2.38. The predicted molar refractivity (Wildman–Crippen MR) is 127 cm³/mol. The molecule has 1 aliphatic rings. The summed E-state index contributed by atoms with van der Waals surface area (Å²) < 4.78 is 0. The van der Waals surface area contributed by atoms with Crippen LogP contribution in [-0.2, 0) is 11.2 Å². The van der Waals surface area contributed by atoms with Crippen molar-refractivity contribution < 1.29 is 9.59 Å². The monoisotopic (exact) mass is 448 g/mol. The standard InChI is InChI=1S/C25H28N4O2S/c1-4-13-28-14-15-29(25(31)23-17(2)27-18(3)32-23)22(24(28)30)16-20-7-5-6-8-21(20)19-9-11-26-12-10-19/h5-12,22H,4,13-16H2,1-3H3. The molecule has 0 saturated carbocycles. The summed E-state index contributed by atoms with van der Waals surface area (Å²) in [6.45, 7) is 7.64. The van der Waals surface area contributed by atoms with Crippen LogP contribution in [0.4, 0.5) is 0 Å². The Morgan fingerprint density at radius 1 is 1.12 bits per heavy atom. The first-order valence-corrected chi connectivity index (χ1v) is 11.8. The first-order chi connectivity index (χ1) is 15.5. The molecule has 0 bridgehead atoms. The lowest BCUT2D eigenvalue weighted by molar-refractivity contribution is -0.140. The van der Waals surface area contributed by atoms with Gasteiger partial charge in [-0.1, -0.05) is 31.2 Å². The molecule has 1 aromatic carbocycles. The lowest BCUT2D eigenvalue weighted by Gasteiger charge is -2.41. The zero-order valence-electron chi connectivity index (χ0n) is 18.7. The first-order valence-electron chi connectivity index (χ1n) is 11.0. The molecule has 1 saturated heterocycles. The summed E-state index contributed by atoms with van der Waals surface area (Å²) in [5.74, 6) is -0.0705. The Labute approximate surface area is 192 Å². The maximum Gasteiger partial charge on any atom is 0.266 e. The maximum absolute atomic E-state index is 13.5. The largest absolute Gasteiger partial charge is 0.339 e. The van der Waals surface area contributed by atoms with Crippen LogP contribution in [0.3, 0.4) is 0 Å². The number of thiazole rings is 1. The smallest absolute Gasteiger partial charge is 0.266 e. The van der Waals surface area contributed by atoms with Crippen LogP contribution in [0.1, 0.15) is 39.3 Å². The van der Waals surface area contributed by atoms with Gasteiger partial charge in [-0.3, -0.25) is 14.6 Å². The van der Waals surface area contributed by atoms with E-state index in [2.05, 4.69) is 23.0 Å². The van der Waals surface area contributed by atoms with Gasteiger partial charge in [-0.05, 0) is 49.1 Å². The minimum atomic E-state index is -0.535. The third kappa shape index (κ3) is 4.43. The summed E-state index contributed by atoms with van der Waals surface area (Å²) in [4.78, 5) is 39.9. The fourth-order valence-corrected chi connectivity index (χ4v) is 5.23. The molecule has 2 amide bonds. The van der Waals surface area contributed by atoms with Crippen LogP contribution in [0.25, 0.3) is 11.1 Å². The van der Waals surface area contributed by atoms with Crippen molar-refractivity contribution in [1.29, 1.82) is 0 Å². The molecule has 0 spiro atoms. The molecule has 1 fully saturated rings. The first kappa shape index (κ1) is 22.1. The second-order valence-electron chi connectivity index (χ2n) is 8.08. The van der Waals surface area contributed by atoms with E-state index in [-0.39, 0.29) is 11.8 Å². The van der Waals surface area contributed by atoms with E-state index < -0.39 is 6.04 Å². The average molecular weight is 449 g/mol. The van der Waals surface area contributed by atoms with Crippen molar-refractivity contribution in [2.75, 3.05) is 19.6 Å². The second-order valence-corrected chi connectivity index (χ2v) is 9.29. The third-order valence-electron chi connectivity index (χ3n) is 5.86. The van der Waals surface area contributed by atoms with Gasteiger partial charge >= 0.3 is 0 Å². The number of carbonyl (C=O) groups is 2. The molecular formula is C25H28N4O2S. The van der Waals surface area contributed by atoms with E-state index in [4.69, 9.17) is 0 Å². The topological polar surface area (TPSA) is 66.4 Å². The number of hydrogen-bond acceptors (Lipinski definition) is 5. The van der Waals surface area contributed by atoms with E-state index in [1.54, 1.807) is 17.3 Å². The number of nitrogens with zero attached hydrogens (tertiary/aromatic N) is 4. The number of benzene rings is 1. The van der Waals surface area contributed by atoms with Gasteiger partial charge in [0.1, 0.15) is 10.9 Å². The molecule has 32 heavy (non-hydrogen) atoms. The van der Waals surface area contributed by atoms with Gasteiger partial charge in [0, 0.05) is 38.4 Å². The van der Waals surface area contributed by atoms with Crippen molar-refractivity contribution in [1.82, 2.24) is 19.8 Å². The summed E-state index contributed by atoms with van der Waals surface area (Å²) >= 11 is 1.40. The van der Waals surface area contributed by atoms with Crippen LogP contribution in [-0.4, -0.2) is 57.3 Å². The van der Waals surface area contributed by atoms with Gasteiger partial charge in [0.15, 0.2) is 0 Å². The van der Waals surface area contributed by atoms with Crippen LogP contribution in [0.5, 0.6) is 0 Å². The van der Waals surface area contributed by atoms with Crippen molar-refractivity contribution >= 4 is 23.2 Å². The minimum Gasteiger partial charge on any atom is -0.339 e. The molecule has 1 unspecified atom stereocenters. The zero-order valence-corrected chi connectivity index (χ0v) is 19.6. The van der Waals surface area contributed by atoms with E-state index in [1.807, 2.05) is 49.1 Å². The molecule has 3 heterocycles. The minimum absolute atomic E-state index is 0.0230. The molecule has 0 N–H and O–H groups in total. The molecule has 0 aliphatic carbocycles. The molecule has 6 nitrogen and oxygen atoms in total. The third-order valence-corrected chi connectivity index (χ3v) is 6.92. The Morgan fingerprint density at radius 2 is 1.88 bits per heavy atom. The van der Waals surface area contributed by atoms with Gasteiger partial charge in [0.05, 0.1) is 10.7 Å². The molecule has 1 atom stereocenters. The molecule has 1 aliphatic heterocycles. The van der Waals surface area contributed by atoms with E-state index in [1.165, 1.54) is 11.3 Å². The number of aryl methyl sites for hydroxylation is 2. The van der Waals surface area contributed by atoms with Gasteiger partial charge in [0.2, 0.25) is 5.91 Å². The lowest BCUT2D eigenvalue weighted by atomic mass is 9.93. The number of piperazine rings is 1. The second kappa shape index (κ2) is 9.61. The van der Waals surface area contributed by atoms with Gasteiger partial charge in [-0.2, -0.15) is 0 Å². The number of rotatable bonds is 6. The molecule has 2 aromatic heterocycles. The highest BCUT2D eigenvalue weighted by Crippen LogP contribution is 2.28. The van der Waals surface area contributed by atoms with Gasteiger partial charge in [-0.25, -0.2) is 4.98 Å². The van der Waals surface area contributed by atoms with E-state index in [0.717, 1.165) is 33.8 Å². The predicted octanol–water partition coefficient (Wildman–Crippen LogP) is 4.13. The lowest BCUT2D eigenvalue weighted by Crippen LogP contribution is -2.59. The van der Waals surface area contributed by atoms with Crippen molar-refractivity contribution in [3.8, 4) is 11.1 Å². The van der Waals surface area contributed by atoms with Crippen LogP contribution in [0, 0.1) is 13.8 Å². The van der Waals surface area contributed by atoms with E-state index in [9.17, 15) is 9.59 Å². The van der Waals surface area contributed by atoms with Crippen LogP contribution in [0.15, 0.2) is 48.8 Å². The fourth-order valence-electron chi connectivity index (χ4n) is 4.35. The van der Waals surface area contributed by atoms with Crippen molar-refractivity contribution in [3.63, 3.8) is 0 Å². The molecule has 166 valence electrons. The van der Waals surface area contributed by atoms with Crippen molar-refractivity contribution in [3.05, 3.63) is 69.9 Å². The summed E-state index contributed by atoms with van der Waals surface area (Å²) in [6, 6.07) is 11.5. The number of hydrogen-bond donors (Lipinski definition) is 0. The van der Waals surface area contributed by atoms with Crippen LogP contribution >= 0.6 is 11.3 Å². The molecule has 7 heteroatoms. The molecule has 4 rings (SSSR count). The summed E-state index contributed by atoms with van der Waals surface area (Å²) in [5.41, 5.74) is 3.89. The van der Waals surface area contributed by atoms with Crippen LogP contribution in [0.2, 0.25) is 0 Å². The fraction of sp³-hybridized carbons (Fsp3) is 0.360. The van der Waals surface area contributed by atoms with E-state index in [0.29, 0.717) is 30.9 Å². The molecular weight excluding hydrogens is 420 g/mol. The zero-order chi connectivity index (χ0) is 22.7. The maximum atomic E-state index is 13.5. The molecule has 3 aromatic rings. The Balaban J connectivity index is 1.70. The summed E-state index contributed by atoms with van der Waals surface area (Å²) in [6.07, 6.45) is 4.91. The highest BCUT2D eigenvalue weighted by molar-refractivity contribution is 7.13. The van der Waals surface area contributed by atoms with Gasteiger partial charge in [0.25, 0.3) is 5.91 Å². The number of carbonyl (C=O) groups excluding carboxylic acids is 2. The Hall–Kier alpha value is -3.06. The number of aromatic nitrogens is 2.